The van der Waals surface area contributed by atoms with E-state index in [9.17, 15) is 0 Å². The lowest BCUT2D eigenvalue weighted by Crippen LogP contribution is -2.03. The minimum absolute atomic E-state index is 0.622. The number of aromatic nitrogens is 4. The van der Waals surface area contributed by atoms with Gasteiger partial charge in [-0.05, 0) is 46.5 Å². The molecule has 3 heterocycles. The summed E-state index contributed by atoms with van der Waals surface area (Å²) in [6.07, 6.45) is 0. The standard InChI is InChI=1S/C51H32N4S/c1-4-15-33(16-5-1)34-27-29-37(30-28-34)50-52-49(36-19-8-3-9-20-36)53-51(54-50)41-22-11-13-26-44(41)55-43-25-12-10-21-39(43)40-31-32-45-46(47(40)55)42-24-14-23-38(48(42)56-45)35-17-6-2-7-18-35/h1-32H. The first-order chi connectivity index (χ1) is 27.8. The lowest BCUT2D eigenvalue weighted by atomic mass is 10.0. The van der Waals surface area contributed by atoms with Gasteiger partial charge in [0.05, 0.1) is 16.7 Å². The van der Waals surface area contributed by atoms with Crippen molar-refractivity contribution in [2.75, 3.05) is 0 Å². The molecule has 56 heavy (non-hydrogen) atoms. The Kier molecular flexibility index (Phi) is 7.64. The van der Waals surface area contributed by atoms with Crippen LogP contribution in [0.4, 0.5) is 0 Å². The second-order valence-electron chi connectivity index (χ2n) is 14.0. The summed E-state index contributed by atoms with van der Waals surface area (Å²) in [5, 5.41) is 4.93. The molecule has 5 heteroatoms. The van der Waals surface area contributed by atoms with E-state index < -0.39 is 0 Å². The molecule has 0 atom stereocenters. The van der Waals surface area contributed by atoms with Gasteiger partial charge in [0.1, 0.15) is 0 Å². The van der Waals surface area contributed by atoms with Crippen molar-refractivity contribution < 1.29 is 0 Å². The van der Waals surface area contributed by atoms with E-state index in [0.29, 0.717) is 17.5 Å². The third-order valence-corrected chi connectivity index (χ3v) is 11.9. The molecule has 11 rings (SSSR count). The molecule has 262 valence electrons. The number of nitrogens with zero attached hydrogens (tertiary/aromatic N) is 4. The van der Waals surface area contributed by atoms with E-state index in [1.165, 1.54) is 53.2 Å². The highest BCUT2D eigenvalue weighted by Crippen LogP contribution is 2.46. The first kappa shape index (κ1) is 32.2. The van der Waals surface area contributed by atoms with Crippen molar-refractivity contribution in [3.8, 4) is 62.1 Å². The van der Waals surface area contributed by atoms with Gasteiger partial charge in [0.2, 0.25) is 0 Å². The fourth-order valence-corrected chi connectivity index (χ4v) is 9.32. The van der Waals surface area contributed by atoms with Gasteiger partial charge in [-0.2, -0.15) is 0 Å². The summed E-state index contributed by atoms with van der Waals surface area (Å²) in [4.78, 5) is 15.5. The van der Waals surface area contributed by atoms with Crippen LogP contribution in [0.1, 0.15) is 0 Å². The van der Waals surface area contributed by atoms with Crippen molar-refractivity contribution >= 4 is 53.3 Å². The molecule has 0 unspecified atom stereocenters. The molecule has 0 radical (unpaired) electrons. The van der Waals surface area contributed by atoms with Crippen LogP contribution < -0.4 is 0 Å². The van der Waals surface area contributed by atoms with Gasteiger partial charge in [0.25, 0.3) is 0 Å². The van der Waals surface area contributed by atoms with Gasteiger partial charge in [0.15, 0.2) is 17.5 Å². The highest BCUT2D eigenvalue weighted by atomic mass is 32.1. The van der Waals surface area contributed by atoms with Crippen LogP contribution in [0.25, 0.3) is 104 Å². The predicted molar refractivity (Wildman–Crippen MR) is 234 cm³/mol. The predicted octanol–water partition coefficient (Wildman–Crippen LogP) is 13.7. The number of fused-ring (bicyclic) bond motifs is 7. The maximum Gasteiger partial charge on any atom is 0.166 e. The summed E-state index contributed by atoms with van der Waals surface area (Å²) in [6.45, 7) is 0. The zero-order valence-corrected chi connectivity index (χ0v) is 31.0. The average Bonchev–Trinajstić information content (AvgIpc) is 3.83. The smallest absolute Gasteiger partial charge is 0.166 e. The number of hydrogen-bond donors (Lipinski definition) is 0. The molecule has 0 aliphatic rings. The number of thiophene rings is 1. The number of para-hydroxylation sites is 2. The fraction of sp³-hybridized carbons (Fsp3) is 0. The van der Waals surface area contributed by atoms with Crippen molar-refractivity contribution in [2.24, 2.45) is 0 Å². The third kappa shape index (κ3) is 5.32. The van der Waals surface area contributed by atoms with Gasteiger partial charge in [-0.3, -0.25) is 0 Å². The maximum absolute atomic E-state index is 5.25. The second-order valence-corrected chi connectivity index (χ2v) is 15.0. The van der Waals surface area contributed by atoms with Gasteiger partial charge in [-0.25, -0.2) is 15.0 Å². The second kappa shape index (κ2) is 13.3. The van der Waals surface area contributed by atoms with E-state index in [1.54, 1.807) is 0 Å². The molecule has 0 spiro atoms. The maximum atomic E-state index is 5.25. The number of rotatable bonds is 6. The van der Waals surface area contributed by atoms with Gasteiger partial charge in [-0.1, -0.05) is 170 Å². The topological polar surface area (TPSA) is 43.6 Å². The summed E-state index contributed by atoms with van der Waals surface area (Å²) in [6, 6.07) is 68.4. The van der Waals surface area contributed by atoms with Gasteiger partial charge in [-0.15, -0.1) is 11.3 Å². The van der Waals surface area contributed by atoms with E-state index in [1.807, 2.05) is 35.6 Å². The van der Waals surface area contributed by atoms with Crippen molar-refractivity contribution in [1.82, 2.24) is 19.5 Å². The molecule has 0 fully saturated rings. The van der Waals surface area contributed by atoms with Crippen LogP contribution in [-0.4, -0.2) is 19.5 Å². The molecule has 0 saturated carbocycles. The van der Waals surface area contributed by atoms with Crippen LogP contribution >= 0.6 is 11.3 Å². The SMILES string of the molecule is c1ccc(-c2ccc(-c3nc(-c4ccccc4)nc(-c4ccccc4-n4c5ccccc5c5ccc6sc7c(-c8ccccc8)cccc7c6c54)n3)cc2)cc1. The molecule has 0 aliphatic heterocycles. The van der Waals surface area contributed by atoms with E-state index in [0.717, 1.165) is 33.5 Å². The molecule has 0 amide bonds. The lowest BCUT2D eigenvalue weighted by Gasteiger charge is -2.15. The molecule has 0 bridgehead atoms. The molecule has 0 aliphatic carbocycles. The molecule has 8 aromatic carbocycles. The van der Waals surface area contributed by atoms with Crippen molar-refractivity contribution in [3.05, 3.63) is 194 Å². The molecule has 4 nitrogen and oxygen atoms in total. The Morgan fingerprint density at radius 2 is 0.893 bits per heavy atom. The van der Waals surface area contributed by atoms with Crippen molar-refractivity contribution in [3.63, 3.8) is 0 Å². The van der Waals surface area contributed by atoms with Gasteiger partial charge < -0.3 is 4.57 Å². The van der Waals surface area contributed by atoms with Crippen molar-refractivity contribution in [1.29, 1.82) is 0 Å². The van der Waals surface area contributed by atoms with Crippen LogP contribution in [0.5, 0.6) is 0 Å². The Morgan fingerprint density at radius 3 is 1.64 bits per heavy atom. The zero-order valence-electron chi connectivity index (χ0n) is 30.2. The third-order valence-electron chi connectivity index (χ3n) is 10.7. The Hall–Kier alpha value is -7.21. The lowest BCUT2D eigenvalue weighted by molar-refractivity contribution is 1.06. The van der Waals surface area contributed by atoms with E-state index in [-0.39, 0.29) is 0 Å². The van der Waals surface area contributed by atoms with Crippen LogP contribution in [0.3, 0.4) is 0 Å². The minimum Gasteiger partial charge on any atom is -0.308 e. The monoisotopic (exact) mass is 732 g/mol. The van der Waals surface area contributed by atoms with Crippen LogP contribution in [0, 0.1) is 0 Å². The Balaban J connectivity index is 1.16. The van der Waals surface area contributed by atoms with Crippen molar-refractivity contribution in [2.45, 2.75) is 0 Å². The summed E-state index contributed by atoms with van der Waals surface area (Å²) in [5.41, 5.74) is 10.9. The Bertz CT molecular complexity index is 3220. The van der Waals surface area contributed by atoms with E-state index in [4.69, 9.17) is 15.0 Å². The van der Waals surface area contributed by atoms with E-state index >= 15 is 0 Å². The largest absolute Gasteiger partial charge is 0.308 e. The number of hydrogen-bond acceptors (Lipinski definition) is 4. The quantitative estimate of drug-likeness (QED) is 0.171. The summed E-state index contributed by atoms with van der Waals surface area (Å²) >= 11 is 1.86. The van der Waals surface area contributed by atoms with E-state index in [2.05, 4.69) is 174 Å². The van der Waals surface area contributed by atoms with Crippen LogP contribution in [0.2, 0.25) is 0 Å². The minimum atomic E-state index is 0.622. The number of benzene rings is 8. The highest BCUT2D eigenvalue weighted by molar-refractivity contribution is 7.26. The normalized spacial score (nSPS) is 11.6. The van der Waals surface area contributed by atoms with Crippen LogP contribution in [-0.2, 0) is 0 Å². The molecule has 3 aromatic heterocycles. The molecule has 0 N–H and O–H groups in total. The van der Waals surface area contributed by atoms with Gasteiger partial charge >= 0.3 is 0 Å². The molecule has 11 aromatic rings. The summed E-state index contributed by atoms with van der Waals surface area (Å²) < 4.78 is 4.98. The first-order valence-corrected chi connectivity index (χ1v) is 19.6. The average molecular weight is 733 g/mol. The summed E-state index contributed by atoms with van der Waals surface area (Å²) in [5.74, 6) is 1.89. The molecular formula is C51H32N4S. The molecular weight excluding hydrogens is 701 g/mol. The van der Waals surface area contributed by atoms with Gasteiger partial charge in [0, 0.05) is 47.6 Å². The molecule has 0 saturated heterocycles. The summed E-state index contributed by atoms with van der Waals surface area (Å²) in [7, 11) is 0. The Morgan fingerprint density at radius 1 is 0.357 bits per heavy atom. The van der Waals surface area contributed by atoms with Crippen LogP contribution in [0.15, 0.2) is 194 Å². The zero-order chi connectivity index (χ0) is 37.0. The highest BCUT2D eigenvalue weighted by Gasteiger charge is 2.22. The Labute approximate surface area is 327 Å². The fourth-order valence-electron chi connectivity index (χ4n) is 8.08. The first-order valence-electron chi connectivity index (χ1n) is 18.8.